The van der Waals surface area contributed by atoms with Crippen molar-refractivity contribution in [1.82, 2.24) is 9.97 Å². The normalized spacial score (nSPS) is 21.0. The standard InChI is InChI=1S/C24H33N5O5S/c1-24(2)12-17-16(21-20(24)23(26)28-13-27-21)8-9-18(34-15-6-4-14(25)5-7-15)22(17)29(3)35(32,33)11-10-19(30)31/h8-9,13-15H,4-7,10-12,25H2,1-3H3,(H,30,31)(H2,26,27,28). The van der Waals surface area contributed by atoms with Crippen LogP contribution in [-0.4, -0.2) is 54.4 Å². The van der Waals surface area contributed by atoms with Crippen LogP contribution in [0.4, 0.5) is 11.5 Å². The Bertz CT molecular complexity index is 1240. The first-order chi connectivity index (χ1) is 16.4. The van der Waals surface area contributed by atoms with Gasteiger partial charge in [0.05, 0.1) is 29.7 Å². The van der Waals surface area contributed by atoms with E-state index in [0.29, 0.717) is 29.4 Å². The summed E-state index contributed by atoms with van der Waals surface area (Å²) in [6, 6.07) is 3.81. The third-order valence-corrected chi connectivity index (χ3v) is 8.73. The van der Waals surface area contributed by atoms with Crippen LogP contribution in [0.3, 0.4) is 0 Å². The van der Waals surface area contributed by atoms with Crippen LogP contribution in [0.1, 0.15) is 57.1 Å². The average Bonchev–Trinajstić information content (AvgIpc) is 2.78. The molecule has 2 aromatic rings. The maximum absolute atomic E-state index is 13.2. The van der Waals surface area contributed by atoms with Crippen LogP contribution in [0, 0.1) is 0 Å². The van der Waals surface area contributed by atoms with Crippen LogP contribution < -0.4 is 20.5 Å². The third kappa shape index (κ3) is 4.92. The maximum atomic E-state index is 13.2. The highest BCUT2D eigenvalue weighted by Crippen LogP contribution is 2.50. The molecule has 0 spiro atoms. The summed E-state index contributed by atoms with van der Waals surface area (Å²) in [5, 5.41) is 9.07. The summed E-state index contributed by atoms with van der Waals surface area (Å²) in [5.41, 5.74) is 15.2. The van der Waals surface area contributed by atoms with E-state index < -0.39 is 33.6 Å². The number of hydrogen-bond acceptors (Lipinski definition) is 8. The van der Waals surface area contributed by atoms with Gasteiger partial charge < -0.3 is 21.3 Å². The van der Waals surface area contributed by atoms with Gasteiger partial charge in [0, 0.05) is 24.2 Å². The Labute approximate surface area is 205 Å². The van der Waals surface area contributed by atoms with Gasteiger partial charge >= 0.3 is 5.97 Å². The summed E-state index contributed by atoms with van der Waals surface area (Å²) in [6.07, 6.45) is 4.56. The lowest BCUT2D eigenvalue weighted by Crippen LogP contribution is -2.35. The molecule has 0 bridgehead atoms. The van der Waals surface area contributed by atoms with Gasteiger partial charge in [0.1, 0.15) is 17.9 Å². The van der Waals surface area contributed by atoms with Crippen LogP contribution in [0.5, 0.6) is 5.75 Å². The highest BCUT2D eigenvalue weighted by atomic mass is 32.2. The molecular weight excluding hydrogens is 470 g/mol. The fourth-order valence-electron chi connectivity index (χ4n) is 5.14. The minimum atomic E-state index is -3.94. The second-order valence-corrected chi connectivity index (χ2v) is 12.2. The van der Waals surface area contributed by atoms with E-state index in [4.69, 9.17) is 21.3 Å². The van der Waals surface area contributed by atoms with E-state index in [-0.39, 0.29) is 12.1 Å². The smallest absolute Gasteiger partial charge is 0.304 e. The van der Waals surface area contributed by atoms with Crippen molar-refractivity contribution in [1.29, 1.82) is 0 Å². The summed E-state index contributed by atoms with van der Waals surface area (Å²) >= 11 is 0. The largest absolute Gasteiger partial charge is 0.488 e. The third-order valence-electron chi connectivity index (χ3n) is 6.99. The number of fused-ring (bicyclic) bond motifs is 3. The number of nitrogens with two attached hydrogens (primary N) is 2. The molecule has 35 heavy (non-hydrogen) atoms. The van der Waals surface area contributed by atoms with Crippen molar-refractivity contribution in [2.24, 2.45) is 5.73 Å². The minimum absolute atomic E-state index is 0.0800. The number of anilines is 2. The summed E-state index contributed by atoms with van der Waals surface area (Å²) in [5.74, 6) is -0.843. The number of carboxylic acid groups (broad SMARTS) is 1. The Hall–Kier alpha value is -2.92. The monoisotopic (exact) mass is 503 g/mol. The number of nitrogens with zero attached hydrogens (tertiary/aromatic N) is 3. The van der Waals surface area contributed by atoms with Crippen LogP contribution in [0.2, 0.25) is 0 Å². The van der Waals surface area contributed by atoms with Crippen molar-refractivity contribution in [2.45, 2.75) is 69.9 Å². The van der Waals surface area contributed by atoms with Gasteiger partial charge in [0.2, 0.25) is 10.0 Å². The van der Waals surface area contributed by atoms with E-state index in [0.717, 1.165) is 42.4 Å². The van der Waals surface area contributed by atoms with Gasteiger partial charge in [-0.2, -0.15) is 0 Å². The van der Waals surface area contributed by atoms with E-state index in [1.54, 1.807) is 6.07 Å². The summed E-state index contributed by atoms with van der Waals surface area (Å²) < 4.78 is 34.0. The van der Waals surface area contributed by atoms with Crippen LogP contribution >= 0.6 is 0 Å². The second-order valence-electron chi connectivity index (χ2n) is 10.1. The van der Waals surface area contributed by atoms with E-state index in [1.807, 2.05) is 19.9 Å². The lowest BCUT2D eigenvalue weighted by atomic mass is 9.71. The molecule has 1 fully saturated rings. The van der Waals surface area contributed by atoms with Gasteiger partial charge in [-0.1, -0.05) is 13.8 Å². The quantitative estimate of drug-likeness (QED) is 0.515. The maximum Gasteiger partial charge on any atom is 0.304 e. The van der Waals surface area contributed by atoms with Gasteiger partial charge in [-0.05, 0) is 55.2 Å². The van der Waals surface area contributed by atoms with Gasteiger partial charge in [-0.25, -0.2) is 18.4 Å². The molecule has 1 heterocycles. The Kier molecular flexibility index (Phi) is 6.67. The molecule has 2 aliphatic carbocycles. The fourth-order valence-corrected chi connectivity index (χ4v) is 6.32. The number of ether oxygens (including phenoxy) is 1. The van der Waals surface area contributed by atoms with Crippen molar-refractivity contribution >= 4 is 27.5 Å². The van der Waals surface area contributed by atoms with Crippen LogP contribution in [0.25, 0.3) is 11.3 Å². The number of benzene rings is 1. The van der Waals surface area contributed by atoms with Crippen molar-refractivity contribution in [3.63, 3.8) is 0 Å². The summed E-state index contributed by atoms with van der Waals surface area (Å²) in [4.78, 5) is 19.8. The molecular formula is C24H33N5O5S. The number of sulfonamides is 1. The van der Waals surface area contributed by atoms with Crippen LogP contribution in [-0.2, 0) is 26.7 Å². The van der Waals surface area contributed by atoms with Crippen molar-refractivity contribution in [3.05, 3.63) is 29.6 Å². The Morgan fingerprint density at radius 1 is 1.23 bits per heavy atom. The molecule has 0 saturated heterocycles. The first kappa shape index (κ1) is 25.2. The van der Waals surface area contributed by atoms with E-state index in [1.165, 1.54) is 17.7 Å². The number of hydrogen-bond donors (Lipinski definition) is 3. The molecule has 0 radical (unpaired) electrons. The van der Waals surface area contributed by atoms with Crippen molar-refractivity contribution in [2.75, 3.05) is 22.8 Å². The van der Waals surface area contributed by atoms with Crippen molar-refractivity contribution < 1.29 is 23.1 Å². The van der Waals surface area contributed by atoms with Crippen molar-refractivity contribution in [3.8, 4) is 17.0 Å². The Balaban J connectivity index is 1.86. The Morgan fingerprint density at radius 3 is 2.57 bits per heavy atom. The molecule has 4 rings (SSSR count). The molecule has 1 aromatic heterocycles. The highest BCUT2D eigenvalue weighted by Gasteiger charge is 2.39. The molecule has 5 N–H and O–H groups in total. The van der Waals surface area contributed by atoms with Gasteiger partial charge in [0.15, 0.2) is 0 Å². The molecule has 2 aliphatic rings. The summed E-state index contributed by atoms with van der Waals surface area (Å²) in [7, 11) is -2.49. The van der Waals surface area contributed by atoms with Gasteiger partial charge in [-0.3, -0.25) is 9.10 Å². The topological polar surface area (TPSA) is 162 Å². The zero-order valence-corrected chi connectivity index (χ0v) is 21.1. The molecule has 0 unspecified atom stereocenters. The number of aromatic nitrogens is 2. The van der Waals surface area contributed by atoms with Gasteiger partial charge in [-0.15, -0.1) is 0 Å². The highest BCUT2D eigenvalue weighted by molar-refractivity contribution is 7.92. The molecule has 190 valence electrons. The molecule has 11 heteroatoms. The van der Waals surface area contributed by atoms with Crippen LogP contribution in [0.15, 0.2) is 18.5 Å². The lowest BCUT2D eigenvalue weighted by molar-refractivity contribution is -0.136. The minimum Gasteiger partial charge on any atom is -0.488 e. The number of aliphatic carboxylic acids is 1. The number of rotatable bonds is 7. The molecule has 0 aliphatic heterocycles. The first-order valence-corrected chi connectivity index (χ1v) is 13.4. The fraction of sp³-hybridized carbons (Fsp3) is 0.542. The second kappa shape index (κ2) is 9.27. The average molecular weight is 504 g/mol. The van der Waals surface area contributed by atoms with E-state index in [9.17, 15) is 13.2 Å². The number of carbonyl (C=O) groups is 1. The molecule has 1 aromatic carbocycles. The van der Waals surface area contributed by atoms with E-state index in [2.05, 4.69) is 9.97 Å². The molecule has 0 atom stereocenters. The molecule has 1 saturated carbocycles. The molecule has 10 nitrogen and oxygen atoms in total. The predicted octanol–water partition coefficient (Wildman–Crippen LogP) is 2.45. The predicted molar refractivity (Wildman–Crippen MR) is 134 cm³/mol. The van der Waals surface area contributed by atoms with Gasteiger partial charge in [0.25, 0.3) is 0 Å². The first-order valence-electron chi connectivity index (χ1n) is 11.8. The number of nitrogen functional groups attached to an aromatic ring is 1. The zero-order chi connectivity index (χ0) is 25.5. The Morgan fingerprint density at radius 2 is 1.91 bits per heavy atom. The van der Waals surface area contributed by atoms with E-state index >= 15 is 0 Å². The summed E-state index contributed by atoms with van der Waals surface area (Å²) in [6.45, 7) is 4.04. The number of carboxylic acids is 1. The molecule has 0 amide bonds. The lowest BCUT2D eigenvalue weighted by Gasteiger charge is -2.37. The zero-order valence-electron chi connectivity index (χ0n) is 20.3. The SMILES string of the molecule is CN(c1c(OC2CCC(N)CC2)ccc2c1CC(C)(C)c1c(N)ncnc1-2)S(=O)(=O)CCC(=O)O.